The Balaban J connectivity index is 2.25. The van der Waals surface area contributed by atoms with Crippen LogP contribution in [0.1, 0.15) is 16.1 Å². The molecule has 2 rings (SSSR count). The van der Waals surface area contributed by atoms with Crippen molar-refractivity contribution in [2.75, 3.05) is 0 Å². The second-order valence-electron chi connectivity index (χ2n) is 3.82. The van der Waals surface area contributed by atoms with Gasteiger partial charge in [0, 0.05) is 18.7 Å². The summed E-state index contributed by atoms with van der Waals surface area (Å²) in [6.07, 6.45) is 1.03. The van der Waals surface area contributed by atoms with Crippen molar-refractivity contribution < 1.29 is 13.6 Å². The van der Waals surface area contributed by atoms with E-state index in [1.54, 1.807) is 0 Å². The molecule has 0 fully saturated rings. The molecule has 2 aromatic rings. The van der Waals surface area contributed by atoms with Gasteiger partial charge in [-0.1, -0.05) is 29.3 Å². The Morgan fingerprint density at radius 3 is 2.58 bits per heavy atom. The maximum absolute atomic E-state index is 13.4. The van der Waals surface area contributed by atoms with Gasteiger partial charge in [-0.3, -0.25) is 4.79 Å². The average molecular weight is 302 g/mol. The van der Waals surface area contributed by atoms with Crippen LogP contribution in [0.3, 0.4) is 0 Å². The summed E-state index contributed by atoms with van der Waals surface area (Å²) in [4.78, 5) is 15.7. The van der Waals surface area contributed by atoms with E-state index in [1.165, 1.54) is 18.3 Å². The molecule has 98 valence electrons. The molecule has 1 heterocycles. The summed E-state index contributed by atoms with van der Waals surface area (Å²) in [6, 6.07) is 4.40. The van der Waals surface area contributed by atoms with Crippen LogP contribution in [0.15, 0.2) is 30.5 Å². The van der Waals surface area contributed by atoms with Crippen LogP contribution in [-0.2, 0) is 6.42 Å². The highest BCUT2D eigenvalue weighted by atomic mass is 35.5. The fraction of sp³-hybridized carbons (Fsp3) is 0.0769. The Kier molecular flexibility index (Phi) is 4.12. The highest BCUT2D eigenvalue weighted by Crippen LogP contribution is 2.20. The number of carbonyl (C=O) groups excluding carboxylic acids is 1. The molecule has 0 saturated carbocycles. The molecule has 1 aromatic heterocycles. The standard InChI is InChI=1S/C13H7Cl2F2NO/c14-8-4-10(15)13(18-6-8)12(19)3-7-1-2-9(16)5-11(7)17/h1-2,4-6H,3H2. The van der Waals surface area contributed by atoms with Gasteiger partial charge in [0.25, 0.3) is 0 Å². The fourth-order valence-corrected chi connectivity index (χ4v) is 2.03. The zero-order valence-electron chi connectivity index (χ0n) is 9.46. The Morgan fingerprint density at radius 2 is 1.95 bits per heavy atom. The number of nitrogens with zero attached hydrogens (tertiary/aromatic N) is 1. The first kappa shape index (κ1) is 13.9. The Bertz CT molecular complexity index is 647. The van der Waals surface area contributed by atoms with Crippen molar-refractivity contribution in [3.8, 4) is 0 Å². The second-order valence-corrected chi connectivity index (χ2v) is 4.66. The lowest BCUT2D eigenvalue weighted by atomic mass is 10.1. The summed E-state index contributed by atoms with van der Waals surface area (Å²) in [5, 5.41) is 0.398. The maximum Gasteiger partial charge on any atom is 0.187 e. The van der Waals surface area contributed by atoms with Crippen molar-refractivity contribution in [3.05, 3.63) is 63.4 Å². The lowest BCUT2D eigenvalue weighted by Gasteiger charge is -2.04. The molecule has 0 amide bonds. The highest BCUT2D eigenvalue weighted by Gasteiger charge is 2.15. The molecule has 0 aliphatic rings. The first-order valence-corrected chi connectivity index (χ1v) is 6.01. The van der Waals surface area contributed by atoms with E-state index in [9.17, 15) is 13.6 Å². The predicted octanol–water partition coefficient (Wildman–Crippen LogP) is 4.09. The summed E-state index contributed by atoms with van der Waals surface area (Å²) in [5.41, 5.74) is 0.0917. The number of Topliss-reactive ketones (excluding diaryl/α,β-unsaturated/α-hetero) is 1. The molecule has 6 heteroatoms. The van der Waals surface area contributed by atoms with Crippen LogP contribution in [-0.4, -0.2) is 10.8 Å². The quantitative estimate of drug-likeness (QED) is 0.799. The second kappa shape index (κ2) is 5.63. The zero-order valence-corrected chi connectivity index (χ0v) is 11.0. The van der Waals surface area contributed by atoms with Crippen molar-refractivity contribution in [2.24, 2.45) is 0 Å². The zero-order chi connectivity index (χ0) is 14.0. The third-order valence-corrected chi connectivity index (χ3v) is 2.93. The average Bonchev–Trinajstić information content (AvgIpc) is 2.32. The maximum atomic E-state index is 13.4. The number of rotatable bonds is 3. The molecule has 0 aliphatic heterocycles. The van der Waals surface area contributed by atoms with Crippen molar-refractivity contribution in [1.82, 2.24) is 4.98 Å². The number of aromatic nitrogens is 1. The number of pyridine rings is 1. The van der Waals surface area contributed by atoms with E-state index in [1.807, 2.05) is 0 Å². The summed E-state index contributed by atoms with van der Waals surface area (Å²) in [6.45, 7) is 0. The Labute approximate surface area is 118 Å². The first-order valence-electron chi connectivity index (χ1n) is 5.25. The van der Waals surface area contributed by atoms with Crippen LogP contribution in [0.25, 0.3) is 0 Å². The van der Waals surface area contributed by atoms with Gasteiger partial charge in [0.15, 0.2) is 5.78 Å². The molecular weight excluding hydrogens is 295 g/mol. The number of ketones is 1. The molecule has 0 spiro atoms. The van der Waals surface area contributed by atoms with Crippen LogP contribution in [0.2, 0.25) is 10.0 Å². The van der Waals surface area contributed by atoms with E-state index in [2.05, 4.69) is 4.98 Å². The molecule has 0 bridgehead atoms. The van der Waals surface area contributed by atoms with E-state index in [0.29, 0.717) is 5.02 Å². The monoisotopic (exact) mass is 301 g/mol. The number of hydrogen-bond donors (Lipinski definition) is 0. The smallest absolute Gasteiger partial charge is 0.187 e. The summed E-state index contributed by atoms with van der Waals surface area (Å²) >= 11 is 11.5. The van der Waals surface area contributed by atoms with Crippen LogP contribution < -0.4 is 0 Å². The van der Waals surface area contributed by atoms with E-state index in [4.69, 9.17) is 23.2 Å². The molecule has 2 nitrogen and oxygen atoms in total. The van der Waals surface area contributed by atoms with Crippen molar-refractivity contribution in [2.45, 2.75) is 6.42 Å². The topological polar surface area (TPSA) is 30.0 Å². The van der Waals surface area contributed by atoms with Crippen LogP contribution in [0.5, 0.6) is 0 Å². The first-order chi connectivity index (χ1) is 8.97. The SMILES string of the molecule is O=C(Cc1ccc(F)cc1F)c1ncc(Cl)cc1Cl. The molecule has 19 heavy (non-hydrogen) atoms. The van der Waals surface area contributed by atoms with Gasteiger partial charge < -0.3 is 0 Å². The molecule has 1 aromatic carbocycles. The Morgan fingerprint density at radius 1 is 1.21 bits per heavy atom. The lowest BCUT2D eigenvalue weighted by molar-refractivity contribution is 0.0987. The number of hydrogen-bond acceptors (Lipinski definition) is 2. The third-order valence-electron chi connectivity index (χ3n) is 2.44. The van der Waals surface area contributed by atoms with Gasteiger partial charge >= 0.3 is 0 Å². The summed E-state index contributed by atoms with van der Waals surface area (Å²) < 4.78 is 26.2. The summed E-state index contributed by atoms with van der Waals surface area (Å²) in [7, 11) is 0. The molecule has 0 radical (unpaired) electrons. The number of benzene rings is 1. The minimum Gasteiger partial charge on any atom is -0.292 e. The molecule has 0 unspecified atom stereocenters. The lowest BCUT2D eigenvalue weighted by Crippen LogP contribution is -2.08. The largest absolute Gasteiger partial charge is 0.292 e. The van der Waals surface area contributed by atoms with E-state index < -0.39 is 17.4 Å². The van der Waals surface area contributed by atoms with Gasteiger partial charge in [-0.05, 0) is 17.7 Å². The molecule has 0 saturated heterocycles. The van der Waals surface area contributed by atoms with Crippen molar-refractivity contribution in [1.29, 1.82) is 0 Å². The minimum atomic E-state index is -0.779. The third kappa shape index (κ3) is 3.28. The minimum absolute atomic E-state index is 0.00907. The van der Waals surface area contributed by atoms with Crippen molar-refractivity contribution in [3.63, 3.8) is 0 Å². The highest BCUT2D eigenvalue weighted by molar-refractivity contribution is 6.36. The molecule has 0 aliphatic carbocycles. The normalized spacial score (nSPS) is 10.5. The fourth-order valence-electron chi connectivity index (χ4n) is 1.54. The molecule has 0 atom stereocenters. The Hall–Kier alpha value is -1.52. The van der Waals surface area contributed by atoms with Gasteiger partial charge in [0.1, 0.15) is 17.3 Å². The molecule has 0 N–H and O–H groups in total. The van der Waals surface area contributed by atoms with Gasteiger partial charge in [-0.25, -0.2) is 13.8 Å². The van der Waals surface area contributed by atoms with Crippen LogP contribution >= 0.6 is 23.2 Å². The van der Waals surface area contributed by atoms with E-state index >= 15 is 0 Å². The van der Waals surface area contributed by atoms with Crippen LogP contribution in [0, 0.1) is 11.6 Å². The number of carbonyl (C=O) groups is 1. The summed E-state index contributed by atoms with van der Waals surface area (Å²) in [5.74, 6) is -1.94. The van der Waals surface area contributed by atoms with Gasteiger partial charge in [0.2, 0.25) is 0 Å². The van der Waals surface area contributed by atoms with E-state index in [0.717, 1.165) is 12.1 Å². The number of halogens is 4. The van der Waals surface area contributed by atoms with Gasteiger partial charge in [0.05, 0.1) is 10.0 Å². The molecular formula is C13H7Cl2F2NO. The van der Waals surface area contributed by atoms with E-state index in [-0.39, 0.29) is 22.7 Å². The van der Waals surface area contributed by atoms with Crippen molar-refractivity contribution >= 4 is 29.0 Å². The van der Waals surface area contributed by atoms with Gasteiger partial charge in [-0.15, -0.1) is 0 Å². The van der Waals surface area contributed by atoms with Crippen LogP contribution in [0.4, 0.5) is 8.78 Å². The van der Waals surface area contributed by atoms with Gasteiger partial charge in [-0.2, -0.15) is 0 Å². The predicted molar refractivity (Wildman–Crippen MR) is 68.6 cm³/mol.